The first-order chi connectivity index (χ1) is 7.88. The highest BCUT2D eigenvalue weighted by Crippen LogP contribution is 2.12. The Labute approximate surface area is 98.8 Å². The van der Waals surface area contributed by atoms with Crippen LogP contribution in [0.4, 0.5) is 11.6 Å². The third kappa shape index (κ3) is 2.93. The fraction of sp³-hybridized carbons (Fsp3) is 0.273. The van der Waals surface area contributed by atoms with Crippen molar-refractivity contribution in [3.63, 3.8) is 0 Å². The Bertz CT molecular complexity index is 427. The Hall–Kier alpha value is -1.62. The number of hydrogen-bond donors (Lipinski definition) is 2. The third-order valence-corrected chi connectivity index (χ3v) is 2.81. The monoisotopic (exact) mass is 234 g/mol. The summed E-state index contributed by atoms with van der Waals surface area (Å²) in [5.74, 6) is 1.78. The van der Waals surface area contributed by atoms with Gasteiger partial charge in [0.25, 0.3) is 0 Å². The van der Waals surface area contributed by atoms with Gasteiger partial charge >= 0.3 is 0 Å². The molecule has 16 heavy (non-hydrogen) atoms. The summed E-state index contributed by atoms with van der Waals surface area (Å²) in [6.45, 7) is 3.71. The Kier molecular flexibility index (Phi) is 3.71. The lowest BCUT2D eigenvalue weighted by atomic mass is 10.4. The van der Waals surface area contributed by atoms with E-state index in [9.17, 15) is 0 Å². The standard InChI is InChI=1S/C11H14N4S/c1-2-13-10-4-3-5-11(15-10)14-7-9-6-12-8-16-9/h3-6,8H,2,7H2,1H3,(H2,13,14,15). The van der Waals surface area contributed by atoms with Crippen molar-refractivity contribution in [3.05, 3.63) is 34.8 Å². The summed E-state index contributed by atoms with van der Waals surface area (Å²) in [4.78, 5) is 9.66. The number of anilines is 2. The minimum absolute atomic E-state index is 0.771. The lowest BCUT2D eigenvalue weighted by molar-refractivity contribution is 1.11. The van der Waals surface area contributed by atoms with Crippen LogP contribution in [0.15, 0.2) is 29.9 Å². The van der Waals surface area contributed by atoms with Gasteiger partial charge in [0.1, 0.15) is 11.6 Å². The number of thiazole rings is 1. The zero-order valence-electron chi connectivity index (χ0n) is 9.10. The van der Waals surface area contributed by atoms with Crippen LogP contribution in [0, 0.1) is 0 Å². The molecule has 2 aromatic rings. The van der Waals surface area contributed by atoms with E-state index in [2.05, 4.69) is 27.5 Å². The minimum atomic E-state index is 0.771. The fourth-order valence-corrected chi connectivity index (χ4v) is 1.85. The van der Waals surface area contributed by atoms with Gasteiger partial charge in [0.15, 0.2) is 0 Å². The molecule has 0 radical (unpaired) electrons. The van der Waals surface area contributed by atoms with E-state index in [0.29, 0.717) is 0 Å². The van der Waals surface area contributed by atoms with Crippen LogP contribution in [0.25, 0.3) is 0 Å². The maximum Gasteiger partial charge on any atom is 0.128 e. The van der Waals surface area contributed by atoms with Crippen molar-refractivity contribution in [2.45, 2.75) is 13.5 Å². The smallest absolute Gasteiger partial charge is 0.128 e. The van der Waals surface area contributed by atoms with Gasteiger partial charge in [-0.25, -0.2) is 4.98 Å². The molecule has 0 aliphatic rings. The van der Waals surface area contributed by atoms with Crippen molar-refractivity contribution >= 4 is 23.0 Å². The average molecular weight is 234 g/mol. The molecular formula is C11H14N4S. The van der Waals surface area contributed by atoms with Crippen molar-refractivity contribution in [2.75, 3.05) is 17.2 Å². The van der Waals surface area contributed by atoms with Gasteiger partial charge < -0.3 is 10.6 Å². The molecule has 0 amide bonds. The van der Waals surface area contributed by atoms with Gasteiger partial charge in [-0.2, -0.15) is 0 Å². The molecule has 2 heterocycles. The number of aromatic nitrogens is 2. The molecule has 0 saturated carbocycles. The van der Waals surface area contributed by atoms with E-state index in [1.165, 1.54) is 4.88 Å². The van der Waals surface area contributed by atoms with Crippen molar-refractivity contribution in [2.24, 2.45) is 0 Å². The van der Waals surface area contributed by atoms with Crippen molar-refractivity contribution in [3.8, 4) is 0 Å². The largest absolute Gasteiger partial charge is 0.370 e. The molecule has 84 valence electrons. The van der Waals surface area contributed by atoms with Gasteiger partial charge in [-0.1, -0.05) is 6.07 Å². The highest BCUT2D eigenvalue weighted by Gasteiger charge is 1.97. The number of hydrogen-bond acceptors (Lipinski definition) is 5. The second-order valence-electron chi connectivity index (χ2n) is 3.26. The van der Waals surface area contributed by atoms with Crippen LogP contribution in [0.2, 0.25) is 0 Å². The Balaban J connectivity index is 1.96. The van der Waals surface area contributed by atoms with Crippen molar-refractivity contribution < 1.29 is 0 Å². The summed E-state index contributed by atoms with van der Waals surface area (Å²) in [6.07, 6.45) is 1.87. The highest BCUT2D eigenvalue weighted by molar-refractivity contribution is 7.09. The molecule has 0 aromatic carbocycles. The van der Waals surface area contributed by atoms with Crippen LogP contribution in [0.3, 0.4) is 0 Å². The molecule has 5 heteroatoms. The second-order valence-corrected chi connectivity index (χ2v) is 4.23. The maximum atomic E-state index is 4.42. The molecule has 0 saturated heterocycles. The molecule has 2 rings (SSSR count). The molecule has 4 nitrogen and oxygen atoms in total. The van der Waals surface area contributed by atoms with Gasteiger partial charge in [0, 0.05) is 17.6 Å². The Morgan fingerprint density at radius 3 is 2.75 bits per heavy atom. The predicted molar refractivity (Wildman–Crippen MR) is 67.8 cm³/mol. The van der Waals surface area contributed by atoms with Crippen LogP contribution in [-0.4, -0.2) is 16.5 Å². The van der Waals surface area contributed by atoms with Crippen LogP contribution >= 0.6 is 11.3 Å². The molecule has 0 spiro atoms. The summed E-state index contributed by atoms with van der Waals surface area (Å²) < 4.78 is 0. The van der Waals surface area contributed by atoms with E-state index in [-0.39, 0.29) is 0 Å². The van der Waals surface area contributed by atoms with E-state index in [1.54, 1.807) is 11.3 Å². The van der Waals surface area contributed by atoms with Crippen LogP contribution in [-0.2, 0) is 6.54 Å². The molecule has 0 aliphatic carbocycles. The van der Waals surface area contributed by atoms with E-state index in [0.717, 1.165) is 24.7 Å². The zero-order valence-corrected chi connectivity index (χ0v) is 9.92. The van der Waals surface area contributed by atoms with Crippen molar-refractivity contribution in [1.29, 1.82) is 0 Å². The second kappa shape index (κ2) is 5.46. The number of rotatable bonds is 5. The summed E-state index contributed by atoms with van der Waals surface area (Å²) >= 11 is 1.64. The van der Waals surface area contributed by atoms with Crippen LogP contribution < -0.4 is 10.6 Å². The van der Waals surface area contributed by atoms with E-state index in [4.69, 9.17) is 0 Å². The first-order valence-corrected chi connectivity index (χ1v) is 6.08. The summed E-state index contributed by atoms with van der Waals surface area (Å²) in [7, 11) is 0. The lowest BCUT2D eigenvalue weighted by Crippen LogP contribution is -2.03. The molecule has 2 aromatic heterocycles. The van der Waals surface area contributed by atoms with E-state index < -0.39 is 0 Å². The first kappa shape index (κ1) is 10.9. The molecular weight excluding hydrogens is 220 g/mol. The van der Waals surface area contributed by atoms with Crippen LogP contribution in [0.1, 0.15) is 11.8 Å². The summed E-state index contributed by atoms with van der Waals surface area (Å²) in [5.41, 5.74) is 1.83. The zero-order chi connectivity index (χ0) is 11.2. The SMILES string of the molecule is CCNc1cccc(NCc2cncs2)n1. The minimum Gasteiger partial charge on any atom is -0.370 e. The topological polar surface area (TPSA) is 49.8 Å². The lowest BCUT2D eigenvalue weighted by Gasteiger charge is -2.06. The molecule has 0 unspecified atom stereocenters. The quantitative estimate of drug-likeness (QED) is 0.835. The molecule has 2 N–H and O–H groups in total. The molecule has 0 fully saturated rings. The third-order valence-electron chi connectivity index (χ3n) is 2.03. The predicted octanol–water partition coefficient (Wildman–Crippen LogP) is 2.58. The average Bonchev–Trinajstić information content (AvgIpc) is 2.80. The Morgan fingerprint density at radius 1 is 1.25 bits per heavy atom. The van der Waals surface area contributed by atoms with Crippen molar-refractivity contribution in [1.82, 2.24) is 9.97 Å². The molecule has 0 bridgehead atoms. The first-order valence-electron chi connectivity index (χ1n) is 5.20. The number of nitrogens with zero attached hydrogens (tertiary/aromatic N) is 2. The van der Waals surface area contributed by atoms with Crippen LogP contribution in [0.5, 0.6) is 0 Å². The number of nitrogens with one attached hydrogen (secondary N) is 2. The van der Waals surface area contributed by atoms with Gasteiger partial charge in [-0.05, 0) is 19.1 Å². The van der Waals surface area contributed by atoms with Gasteiger partial charge in [0.2, 0.25) is 0 Å². The van der Waals surface area contributed by atoms with E-state index >= 15 is 0 Å². The highest BCUT2D eigenvalue weighted by atomic mass is 32.1. The Morgan fingerprint density at radius 2 is 2.06 bits per heavy atom. The van der Waals surface area contributed by atoms with E-state index in [1.807, 2.05) is 29.9 Å². The summed E-state index contributed by atoms with van der Waals surface area (Å²) in [6, 6.07) is 5.91. The maximum absolute atomic E-state index is 4.42. The normalized spacial score (nSPS) is 10.1. The van der Waals surface area contributed by atoms with Gasteiger partial charge in [-0.15, -0.1) is 11.3 Å². The summed E-state index contributed by atoms with van der Waals surface area (Å²) in [5, 5.41) is 6.45. The number of pyridine rings is 1. The fourth-order valence-electron chi connectivity index (χ4n) is 1.32. The van der Waals surface area contributed by atoms with Gasteiger partial charge in [0.05, 0.1) is 12.1 Å². The van der Waals surface area contributed by atoms with Gasteiger partial charge in [-0.3, -0.25) is 4.98 Å². The molecule has 0 atom stereocenters. The molecule has 0 aliphatic heterocycles.